The highest BCUT2D eigenvalue weighted by molar-refractivity contribution is 5.48. The summed E-state index contributed by atoms with van der Waals surface area (Å²) in [5.41, 5.74) is 17.6. The highest BCUT2D eigenvalue weighted by Crippen LogP contribution is 2.37. The molecule has 0 radical (unpaired) electrons. The van der Waals surface area contributed by atoms with Crippen molar-refractivity contribution in [2.75, 3.05) is 0 Å². The second-order valence-corrected chi connectivity index (χ2v) is 10.9. The SMILES string of the molecule is Cc1cc(C)c(Cc2cc(Cc3cc(C)c(C)cc3C)c(C)c(C3CCCCC3)c2)cc1C. The first-order valence-electron chi connectivity index (χ1n) is 13.0. The Kier molecular flexibility index (Phi) is 7.13. The van der Waals surface area contributed by atoms with Gasteiger partial charge < -0.3 is 0 Å². The van der Waals surface area contributed by atoms with E-state index in [0.29, 0.717) is 0 Å². The Balaban J connectivity index is 1.77. The summed E-state index contributed by atoms with van der Waals surface area (Å²) >= 11 is 0. The molecule has 0 saturated heterocycles. The minimum atomic E-state index is 0.735. The second kappa shape index (κ2) is 9.88. The lowest BCUT2D eigenvalue weighted by Gasteiger charge is -2.26. The molecule has 0 spiro atoms. The van der Waals surface area contributed by atoms with E-state index in [0.717, 1.165) is 18.8 Å². The predicted molar refractivity (Wildman–Crippen MR) is 144 cm³/mol. The van der Waals surface area contributed by atoms with E-state index in [-0.39, 0.29) is 0 Å². The zero-order chi connectivity index (χ0) is 23.7. The third-order valence-corrected chi connectivity index (χ3v) is 8.34. The van der Waals surface area contributed by atoms with E-state index >= 15 is 0 Å². The van der Waals surface area contributed by atoms with E-state index in [1.807, 2.05) is 0 Å². The summed E-state index contributed by atoms with van der Waals surface area (Å²) < 4.78 is 0. The van der Waals surface area contributed by atoms with Gasteiger partial charge in [0.25, 0.3) is 0 Å². The van der Waals surface area contributed by atoms with Gasteiger partial charge in [0.1, 0.15) is 0 Å². The summed E-state index contributed by atoms with van der Waals surface area (Å²) in [6.07, 6.45) is 8.96. The standard InChI is InChI=1S/C33H42/c1-21-13-25(5)30(15-23(21)3)17-28-18-32(20-31-16-24(4)22(2)14-26(31)6)27(7)33(19-28)29-11-9-8-10-12-29/h13-16,18-19,29H,8-12,17,20H2,1-7H3. The Labute approximate surface area is 202 Å². The van der Waals surface area contributed by atoms with Gasteiger partial charge in [-0.15, -0.1) is 0 Å². The Morgan fingerprint density at radius 3 is 1.61 bits per heavy atom. The molecule has 0 heterocycles. The van der Waals surface area contributed by atoms with Crippen molar-refractivity contribution >= 4 is 0 Å². The third kappa shape index (κ3) is 5.26. The maximum Gasteiger partial charge on any atom is -0.00202 e. The van der Waals surface area contributed by atoms with Crippen molar-refractivity contribution in [3.63, 3.8) is 0 Å². The first-order valence-corrected chi connectivity index (χ1v) is 13.0. The Bertz CT molecular complexity index is 1160. The highest BCUT2D eigenvalue weighted by atomic mass is 14.3. The van der Waals surface area contributed by atoms with Crippen LogP contribution in [0.25, 0.3) is 0 Å². The van der Waals surface area contributed by atoms with Gasteiger partial charge in [0.05, 0.1) is 0 Å². The molecule has 0 unspecified atom stereocenters. The van der Waals surface area contributed by atoms with Crippen molar-refractivity contribution in [1.29, 1.82) is 0 Å². The van der Waals surface area contributed by atoms with E-state index < -0.39 is 0 Å². The van der Waals surface area contributed by atoms with Crippen molar-refractivity contribution in [3.05, 3.63) is 103 Å². The van der Waals surface area contributed by atoms with Crippen molar-refractivity contribution in [2.45, 2.75) is 99.3 Å². The largest absolute Gasteiger partial charge is 0.0558 e. The van der Waals surface area contributed by atoms with Crippen LogP contribution in [0.15, 0.2) is 36.4 Å². The fourth-order valence-corrected chi connectivity index (χ4v) is 5.84. The van der Waals surface area contributed by atoms with Gasteiger partial charge >= 0.3 is 0 Å². The first-order chi connectivity index (χ1) is 15.7. The van der Waals surface area contributed by atoms with Crippen LogP contribution < -0.4 is 0 Å². The third-order valence-electron chi connectivity index (χ3n) is 8.34. The summed E-state index contributed by atoms with van der Waals surface area (Å²) in [7, 11) is 0. The smallest absolute Gasteiger partial charge is 0.00202 e. The quantitative estimate of drug-likeness (QED) is 0.372. The van der Waals surface area contributed by atoms with Gasteiger partial charge in [-0.25, -0.2) is 0 Å². The zero-order valence-electron chi connectivity index (χ0n) is 22.0. The number of hydrogen-bond acceptors (Lipinski definition) is 0. The molecule has 0 heteroatoms. The Morgan fingerprint density at radius 2 is 1.03 bits per heavy atom. The van der Waals surface area contributed by atoms with Crippen LogP contribution in [0.3, 0.4) is 0 Å². The molecule has 174 valence electrons. The Morgan fingerprint density at radius 1 is 0.515 bits per heavy atom. The molecule has 0 amide bonds. The van der Waals surface area contributed by atoms with Crippen molar-refractivity contribution in [3.8, 4) is 0 Å². The van der Waals surface area contributed by atoms with Crippen LogP contribution in [0.2, 0.25) is 0 Å². The molecule has 1 aliphatic rings. The minimum absolute atomic E-state index is 0.735. The van der Waals surface area contributed by atoms with Crippen molar-refractivity contribution in [1.82, 2.24) is 0 Å². The van der Waals surface area contributed by atoms with Gasteiger partial charge in [-0.05, 0) is 147 Å². The molecular formula is C33H42. The monoisotopic (exact) mass is 438 g/mol. The van der Waals surface area contributed by atoms with E-state index in [4.69, 9.17) is 0 Å². The Hall–Kier alpha value is -2.34. The molecule has 0 atom stereocenters. The van der Waals surface area contributed by atoms with E-state index in [1.54, 1.807) is 11.1 Å². The lowest BCUT2D eigenvalue weighted by molar-refractivity contribution is 0.442. The molecular weight excluding hydrogens is 396 g/mol. The molecule has 3 aromatic rings. The molecule has 0 aromatic heterocycles. The van der Waals surface area contributed by atoms with Gasteiger partial charge in [0.15, 0.2) is 0 Å². The lowest BCUT2D eigenvalue weighted by Crippen LogP contribution is -2.10. The maximum absolute atomic E-state index is 2.57. The van der Waals surface area contributed by atoms with Crippen LogP contribution >= 0.6 is 0 Å². The molecule has 0 bridgehead atoms. The molecule has 1 aliphatic carbocycles. The van der Waals surface area contributed by atoms with E-state index in [9.17, 15) is 0 Å². The van der Waals surface area contributed by atoms with Crippen molar-refractivity contribution in [2.24, 2.45) is 0 Å². The number of benzene rings is 3. The average molecular weight is 439 g/mol. The lowest BCUT2D eigenvalue weighted by atomic mass is 9.79. The fraction of sp³-hybridized carbons (Fsp3) is 0.455. The normalized spacial score (nSPS) is 14.6. The predicted octanol–water partition coefficient (Wildman–Crippen LogP) is 9.07. The molecule has 0 nitrogen and oxygen atoms in total. The average Bonchev–Trinajstić information content (AvgIpc) is 2.78. The first kappa shape index (κ1) is 23.8. The minimum Gasteiger partial charge on any atom is -0.0558 e. The van der Waals surface area contributed by atoms with Crippen LogP contribution in [0, 0.1) is 48.5 Å². The van der Waals surface area contributed by atoms with Crippen LogP contribution in [0.5, 0.6) is 0 Å². The van der Waals surface area contributed by atoms with Gasteiger partial charge in [-0.1, -0.05) is 55.7 Å². The maximum atomic E-state index is 2.57. The molecule has 3 aromatic carbocycles. The zero-order valence-corrected chi connectivity index (χ0v) is 22.0. The van der Waals surface area contributed by atoms with Gasteiger partial charge in [0.2, 0.25) is 0 Å². The number of hydrogen-bond donors (Lipinski definition) is 0. The molecule has 0 N–H and O–H groups in total. The fourth-order valence-electron chi connectivity index (χ4n) is 5.84. The van der Waals surface area contributed by atoms with E-state index in [2.05, 4.69) is 84.9 Å². The van der Waals surface area contributed by atoms with Crippen LogP contribution in [0.4, 0.5) is 0 Å². The van der Waals surface area contributed by atoms with Crippen molar-refractivity contribution < 1.29 is 0 Å². The summed E-state index contributed by atoms with van der Waals surface area (Å²) in [4.78, 5) is 0. The second-order valence-electron chi connectivity index (χ2n) is 10.9. The number of rotatable bonds is 5. The van der Waals surface area contributed by atoms with Gasteiger partial charge in [-0.3, -0.25) is 0 Å². The number of aryl methyl sites for hydroxylation is 6. The summed E-state index contributed by atoms with van der Waals surface area (Å²) in [5.74, 6) is 0.735. The molecule has 1 fully saturated rings. The molecule has 0 aliphatic heterocycles. The van der Waals surface area contributed by atoms with E-state index in [1.165, 1.54) is 87.7 Å². The summed E-state index contributed by atoms with van der Waals surface area (Å²) in [5, 5.41) is 0. The van der Waals surface area contributed by atoms with Crippen LogP contribution in [-0.4, -0.2) is 0 Å². The summed E-state index contributed by atoms with van der Waals surface area (Å²) in [6, 6.07) is 14.6. The summed E-state index contributed by atoms with van der Waals surface area (Å²) in [6.45, 7) is 15.9. The van der Waals surface area contributed by atoms with Gasteiger partial charge in [0, 0.05) is 0 Å². The molecule has 4 rings (SSSR count). The topological polar surface area (TPSA) is 0 Å². The highest BCUT2D eigenvalue weighted by Gasteiger charge is 2.20. The van der Waals surface area contributed by atoms with Crippen LogP contribution in [0.1, 0.15) is 105 Å². The van der Waals surface area contributed by atoms with Gasteiger partial charge in [-0.2, -0.15) is 0 Å². The molecule has 33 heavy (non-hydrogen) atoms. The molecule has 1 saturated carbocycles. The van der Waals surface area contributed by atoms with Crippen LogP contribution in [-0.2, 0) is 12.8 Å².